The highest BCUT2D eigenvalue weighted by Gasteiger charge is 2.23. The maximum atomic E-state index is 12.9. The van der Waals surface area contributed by atoms with E-state index < -0.39 is 23.8 Å². The lowest BCUT2D eigenvalue weighted by atomic mass is 10.0. The molecule has 176 valence electrons. The highest BCUT2D eigenvalue weighted by molar-refractivity contribution is 6.30. The standard InChI is InChI=1S/C25H24ClN3O5/c1-33-21-13-10-18(15-22(21)34-2)24(31)28-29-25(32)20(14-16-6-4-3-5-7-16)27-23(30)17-8-11-19(26)12-9-17/h3-13,15,20H,14H2,1-2H3,(H,27,30)(H,28,31)(H,29,32)/t20-/m0/s1. The van der Waals surface area contributed by atoms with Crippen LogP contribution in [0.2, 0.25) is 5.02 Å². The highest BCUT2D eigenvalue weighted by Crippen LogP contribution is 2.27. The summed E-state index contributed by atoms with van der Waals surface area (Å²) in [6, 6.07) is 19.2. The van der Waals surface area contributed by atoms with E-state index in [-0.39, 0.29) is 12.0 Å². The predicted molar refractivity (Wildman–Crippen MR) is 128 cm³/mol. The molecule has 1 atom stereocenters. The number of ether oxygens (including phenoxy) is 2. The molecule has 34 heavy (non-hydrogen) atoms. The van der Waals surface area contributed by atoms with Crippen LogP contribution in [-0.2, 0) is 11.2 Å². The molecule has 3 aromatic carbocycles. The van der Waals surface area contributed by atoms with E-state index in [9.17, 15) is 14.4 Å². The molecule has 3 rings (SSSR count). The van der Waals surface area contributed by atoms with Gasteiger partial charge in [0.2, 0.25) is 0 Å². The van der Waals surface area contributed by atoms with Gasteiger partial charge in [0, 0.05) is 22.6 Å². The van der Waals surface area contributed by atoms with Gasteiger partial charge in [0.1, 0.15) is 6.04 Å². The zero-order chi connectivity index (χ0) is 24.5. The SMILES string of the molecule is COc1ccc(C(=O)NNC(=O)[C@H](Cc2ccccc2)NC(=O)c2ccc(Cl)cc2)cc1OC. The molecule has 0 fully saturated rings. The average molecular weight is 482 g/mol. The molecular formula is C25H24ClN3O5. The fourth-order valence-corrected chi connectivity index (χ4v) is 3.28. The van der Waals surface area contributed by atoms with Crippen LogP contribution in [0, 0.1) is 0 Å². The summed E-state index contributed by atoms with van der Waals surface area (Å²) in [7, 11) is 2.95. The van der Waals surface area contributed by atoms with E-state index in [1.807, 2.05) is 30.3 Å². The maximum Gasteiger partial charge on any atom is 0.269 e. The van der Waals surface area contributed by atoms with Crippen molar-refractivity contribution in [3.05, 3.63) is 94.5 Å². The van der Waals surface area contributed by atoms with Gasteiger partial charge in [0.25, 0.3) is 17.7 Å². The first kappa shape index (κ1) is 24.6. The molecule has 0 bridgehead atoms. The summed E-state index contributed by atoms with van der Waals surface area (Å²) in [5.41, 5.74) is 6.20. The fourth-order valence-electron chi connectivity index (χ4n) is 3.16. The van der Waals surface area contributed by atoms with Crippen LogP contribution in [0.25, 0.3) is 0 Å². The number of benzene rings is 3. The van der Waals surface area contributed by atoms with Gasteiger partial charge in [0.05, 0.1) is 14.2 Å². The van der Waals surface area contributed by atoms with Crippen molar-refractivity contribution in [2.24, 2.45) is 0 Å². The zero-order valence-electron chi connectivity index (χ0n) is 18.6. The summed E-state index contributed by atoms with van der Waals surface area (Å²) in [4.78, 5) is 38.2. The van der Waals surface area contributed by atoms with Crippen LogP contribution >= 0.6 is 11.6 Å². The Kier molecular flexibility index (Phi) is 8.48. The van der Waals surface area contributed by atoms with E-state index in [4.69, 9.17) is 21.1 Å². The number of hydrogen-bond donors (Lipinski definition) is 3. The lowest BCUT2D eigenvalue weighted by molar-refractivity contribution is -0.123. The Labute approximate surface area is 202 Å². The summed E-state index contributed by atoms with van der Waals surface area (Å²) in [5.74, 6) is -0.745. The van der Waals surface area contributed by atoms with Crippen molar-refractivity contribution < 1.29 is 23.9 Å². The number of carbonyl (C=O) groups is 3. The quantitative estimate of drug-likeness (QED) is 0.428. The van der Waals surface area contributed by atoms with Crippen LogP contribution < -0.4 is 25.6 Å². The second-order valence-corrected chi connectivity index (χ2v) is 7.67. The zero-order valence-corrected chi connectivity index (χ0v) is 19.4. The Bertz CT molecular complexity index is 1150. The van der Waals surface area contributed by atoms with E-state index in [1.54, 1.807) is 30.3 Å². The van der Waals surface area contributed by atoms with E-state index in [0.29, 0.717) is 22.1 Å². The van der Waals surface area contributed by atoms with E-state index in [2.05, 4.69) is 16.2 Å². The summed E-state index contributed by atoms with van der Waals surface area (Å²) in [5, 5.41) is 3.21. The number of carbonyl (C=O) groups excluding carboxylic acids is 3. The van der Waals surface area contributed by atoms with Crippen molar-refractivity contribution >= 4 is 29.3 Å². The molecule has 0 radical (unpaired) electrons. The second kappa shape index (κ2) is 11.7. The third-order valence-corrected chi connectivity index (χ3v) is 5.21. The number of nitrogens with one attached hydrogen (secondary N) is 3. The van der Waals surface area contributed by atoms with Crippen LogP contribution in [0.3, 0.4) is 0 Å². The largest absolute Gasteiger partial charge is 0.493 e. The lowest BCUT2D eigenvalue weighted by Crippen LogP contribution is -2.53. The Morgan fingerprint density at radius 3 is 2.09 bits per heavy atom. The summed E-state index contributed by atoms with van der Waals surface area (Å²) in [6.07, 6.45) is 0.220. The minimum atomic E-state index is -0.948. The molecule has 3 N–H and O–H groups in total. The molecule has 3 aromatic rings. The average Bonchev–Trinajstić information content (AvgIpc) is 2.87. The third kappa shape index (κ3) is 6.49. The van der Waals surface area contributed by atoms with Gasteiger partial charge in [0.15, 0.2) is 11.5 Å². The van der Waals surface area contributed by atoms with Gasteiger partial charge in [-0.3, -0.25) is 25.2 Å². The minimum Gasteiger partial charge on any atom is -0.493 e. The monoisotopic (exact) mass is 481 g/mol. The first-order valence-electron chi connectivity index (χ1n) is 10.3. The molecule has 0 spiro atoms. The Balaban J connectivity index is 1.71. The van der Waals surface area contributed by atoms with Gasteiger partial charge < -0.3 is 14.8 Å². The van der Waals surface area contributed by atoms with Crippen molar-refractivity contribution in [3.63, 3.8) is 0 Å². The Hall–Kier alpha value is -4.04. The number of rotatable bonds is 8. The molecule has 0 unspecified atom stereocenters. The first-order chi connectivity index (χ1) is 16.4. The van der Waals surface area contributed by atoms with Crippen molar-refractivity contribution in [1.29, 1.82) is 0 Å². The van der Waals surface area contributed by atoms with Gasteiger partial charge >= 0.3 is 0 Å². The molecule has 9 heteroatoms. The molecule has 0 saturated carbocycles. The maximum absolute atomic E-state index is 12.9. The summed E-state index contributed by atoms with van der Waals surface area (Å²) in [6.45, 7) is 0. The molecule has 0 aliphatic rings. The minimum absolute atomic E-state index is 0.220. The number of hydrazine groups is 1. The molecule has 0 saturated heterocycles. The van der Waals surface area contributed by atoms with Gasteiger partial charge in [-0.15, -0.1) is 0 Å². The molecule has 0 aromatic heterocycles. The fraction of sp³-hybridized carbons (Fsp3) is 0.160. The number of hydrogen-bond acceptors (Lipinski definition) is 5. The van der Waals surface area contributed by atoms with Crippen LogP contribution in [0.15, 0.2) is 72.8 Å². The molecule has 3 amide bonds. The number of halogens is 1. The van der Waals surface area contributed by atoms with E-state index >= 15 is 0 Å². The second-order valence-electron chi connectivity index (χ2n) is 7.24. The lowest BCUT2D eigenvalue weighted by Gasteiger charge is -2.19. The van der Waals surface area contributed by atoms with Crippen LogP contribution in [0.4, 0.5) is 0 Å². The Morgan fingerprint density at radius 2 is 1.44 bits per heavy atom. The highest BCUT2D eigenvalue weighted by atomic mass is 35.5. The smallest absolute Gasteiger partial charge is 0.269 e. The van der Waals surface area contributed by atoms with Crippen molar-refractivity contribution in [3.8, 4) is 11.5 Å². The number of amides is 3. The summed E-state index contributed by atoms with van der Waals surface area (Å²) >= 11 is 5.89. The van der Waals surface area contributed by atoms with E-state index in [1.165, 1.54) is 26.4 Å². The van der Waals surface area contributed by atoms with Crippen LogP contribution in [0.1, 0.15) is 26.3 Å². The van der Waals surface area contributed by atoms with Crippen molar-refractivity contribution in [1.82, 2.24) is 16.2 Å². The normalized spacial score (nSPS) is 11.1. The van der Waals surface area contributed by atoms with Crippen molar-refractivity contribution in [2.45, 2.75) is 12.5 Å². The van der Waals surface area contributed by atoms with Gasteiger partial charge in [-0.25, -0.2) is 0 Å². The molecule has 0 heterocycles. The molecule has 8 nitrogen and oxygen atoms in total. The van der Waals surface area contributed by atoms with E-state index in [0.717, 1.165) is 5.56 Å². The summed E-state index contributed by atoms with van der Waals surface area (Å²) < 4.78 is 10.4. The molecule has 0 aliphatic heterocycles. The predicted octanol–water partition coefficient (Wildman–Crippen LogP) is 3.16. The molecule has 0 aliphatic carbocycles. The Morgan fingerprint density at radius 1 is 0.794 bits per heavy atom. The van der Waals surface area contributed by atoms with Crippen LogP contribution in [0.5, 0.6) is 11.5 Å². The van der Waals surface area contributed by atoms with Gasteiger partial charge in [-0.2, -0.15) is 0 Å². The molecular weight excluding hydrogens is 458 g/mol. The van der Waals surface area contributed by atoms with Crippen molar-refractivity contribution in [2.75, 3.05) is 14.2 Å². The van der Waals surface area contributed by atoms with Gasteiger partial charge in [-0.1, -0.05) is 41.9 Å². The topological polar surface area (TPSA) is 106 Å². The first-order valence-corrected chi connectivity index (χ1v) is 10.7. The third-order valence-electron chi connectivity index (χ3n) is 4.96. The van der Waals surface area contributed by atoms with Crippen LogP contribution in [-0.4, -0.2) is 38.0 Å². The number of methoxy groups -OCH3 is 2. The van der Waals surface area contributed by atoms with Gasteiger partial charge in [-0.05, 0) is 48.0 Å².